The number of esters is 1. The molecule has 0 aliphatic heterocycles. The van der Waals surface area contributed by atoms with Crippen LogP contribution in [0.2, 0.25) is 0 Å². The average Bonchev–Trinajstić information content (AvgIpc) is 2.74. The molecule has 1 unspecified atom stereocenters. The molecular weight excluding hydrogens is 226 g/mol. The Hall–Kier alpha value is -1.89. The second kappa shape index (κ2) is 6.00. The molecule has 1 atom stereocenters. The third-order valence-electron chi connectivity index (χ3n) is 2.17. The maximum absolute atomic E-state index is 11.3. The number of carbonyl (C=O) groups is 2. The molecule has 0 aliphatic rings. The van der Waals surface area contributed by atoms with Crippen molar-refractivity contribution in [1.82, 2.24) is 15.5 Å². The number of carboxylic acid groups (broad SMARTS) is 1. The number of rotatable bonds is 6. The predicted molar refractivity (Wildman–Crippen MR) is 58.5 cm³/mol. The first kappa shape index (κ1) is 13.2. The van der Waals surface area contributed by atoms with E-state index in [4.69, 9.17) is 9.84 Å². The minimum atomic E-state index is -1.08. The molecule has 1 heterocycles. The summed E-state index contributed by atoms with van der Waals surface area (Å²) in [5.41, 5.74) is 0.516. The van der Waals surface area contributed by atoms with Gasteiger partial charge in [0.05, 0.1) is 12.8 Å². The van der Waals surface area contributed by atoms with Gasteiger partial charge in [-0.05, 0) is 13.8 Å². The van der Waals surface area contributed by atoms with Crippen LogP contribution in [0.3, 0.4) is 0 Å². The van der Waals surface area contributed by atoms with Crippen molar-refractivity contribution in [2.45, 2.75) is 26.4 Å². The Kier molecular flexibility index (Phi) is 4.65. The number of nitrogens with one attached hydrogen (secondary N) is 2. The van der Waals surface area contributed by atoms with Crippen LogP contribution < -0.4 is 5.32 Å². The minimum Gasteiger partial charge on any atom is -0.477 e. The topological polar surface area (TPSA) is 104 Å². The summed E-state index contributed by atoms with van der Waals surface area (Å²) < 4.78 is 4.81. The van der Waals surface area contributed by atoms with E-state index in [0.717, 1.165) is 0 Å². The van der Waals surface area contributed by atoms with Crippen molar-refractivity contribution in [3.05, 3.63) is 17.5 Å². The number of nitrogens with zero attached hydrogens (tertiary/aromatic N) is 1. The molecule has 0 saturated heterocycles. The standard InChI is InChI=1S/C10H15N3O4/c1-3-17-10(16)6(2)11-4-7-5-12-13-8(7)9(14)15/h5-6,11H,3-4H2,1-2H3,(H,12,13)(H,14,15). The molecule has 0 amide bonds. The Labute approximate surface area is 98.2 Å². The number of ether oxygens (including phenoxy) is 1. The summed E-state index contributed by atoms with van der Waals surface area (Å²) in [6.45, 7) is 3.93. The molecule has 1 aromatic rings. The van der Waals surface area contributed by atoms with Gasteiger partial charge in [-0.25, -0.2) is 4.79 Å². The quantitative estimate of drug-likeness (QED) is 0.612. The fourth-order valence-electron chi connectivity index (χ4n) is 1.24. The highest BCUT2D eigenvalue weighted by Gasteiger charge is 2.16. The summed E-state index contributed by atoms with van der Waals surface area (Å²) in [4.78, 5) is 22.1. The first-order valence-corrected chi connectivity index (χ1v) is 5.21. The molecule has 1 rings (SSSR count). The van der Waals surface area contributed by atoms with E-state index in [1.54, 1.807) is 13.8 Å². The number of carbonyl (C=O) groups excluding carboxylic acids is 1. The van der Waals surface area contributed by atoms with Crippen LogP contribution in [0.4, 0.5) is 0 Å². The van der Waals surface area contributed by atoms with Crippen LogP contribution in [-0.4, -0.2) is 39.9 Å². The van der Waals surface area contributed by atoms with Gasteiger partial charge in [-0.15, -0.1) is 0 Å². The van der Waals surface area contributed by atoms with Gasteiger partial charge in [-0.2, -0.15) is 5.10 Å². The number of hydrogen-bond donors (Lipinski definition) is 3. The molecule has 0 aliphatic carbocycles. The Balaban J connectivity index is 2.52. The van der Waals surface area contributed by atoms with Gasteiger partial charge in [0.2, 0.25) is 0 Å². The number of aromatic nitrogens is 2. The predicted octanol–water partition coefficient (Wildman–Crippen LogP) is 0.149. The zero-order valence-corrected chi connectivity index (χ0v) is 9.69. The first-order chi connectivity index (χ1) is 8.06. The lowest BCUT2D eigenvalue weighted by atomic mass is 10.2. The lowest BCUT2D eigenvalue weighted by molar-refractivity contribution is -0.145. The molecule has 7 nitrogen and oxygen atoms in total. The highest BCUT2D eigenvalue weighted by atomic mass is 16.5. The van der Waals surface area contributed by atoms with Crippen LogP contribution in [0, 0.1) is 0 Å². The van der Waals surface area contributed by atoms with Crippen molar-refractivity contribution in [1.29, 1.82) is 0 Å². The van der Waals surface area contributed by atoms with Gasteiger partial charge >= 0.3 is 11.9 Å². The molecule has 0 bridgehead atoms. The molecule has 1 aromatic heterocycles. The van der Waals surface area contributed by atoms with Crippen molar-refractivity contribution in [2.24, 2.45) is 0 Å². The summed E-state index contributed by atoms with van der Waals surface area (Å²) in [5, 5.41) is 17.7. The lowest BCUT2D eigenvalue weighted by Gasteiger charge is -2.11. The van der Waals surface area contributed by atoms with Crippen LogP contribution in [0.25, 0.3) is 0 Å². The fourth-order valence-corrected chi connectivity index (χ4v) is 1.24. The van der Waals surface area contributed by atoms with Crippen molar-refractivity contribution in [3.63, 3.8) is 0 Å². The highest BCUT2D eigenvalue weighted by Crippen LogP contribution is 2.04. The maximum atomic E-state index is 11.3. The summed E-state index contributed by atoms with van der Waals surface area (Å²) >= 11 is 0. The molecule has 7 heteroatoms. The van der Waals surface area contributed by atoms with E-state index in [1.807, 2.05) is 0 Å². The summed E-state index contributed by atoms with van der Waals surface area (Å²) in [6, 6.07) is -0.494. The number of carboxylic acids is 1. The van der Waals surface area contributed by atoms with Crippen molar-refractivity contribution < 1.29 is 19.4 Å². The Morgan fingerprint density at radius 2 is 2.35 bits per heavy atom. The summed E-state index contributed by atoms with van der Waals surface area (Å²) in [6.07, 6.45) is 1.41. The third kappa shape index (κ3) is 3.56. The van der Waals surface area contributed by atoms with Gasteiger partial charge in [0.15, 0.2) is 0 Å². The van der Waals surface area contributed by atoms with Gasteiger partial charge in [-0.1, -0.05) is 0 Å². The minimum absolute atomic E-state index is 0.0218. The molecule has 0 saturated carbocycles. The smallest absolute Gasteiger partial charge is 0.354 e. The van der Waals surface area contributed by atoms with Gasteiger partial charge < -0.3 is 15.2 Å². The Morgan fingerprint density at radius 1 is 1.65 bits per heavy atom. The van der Waals surface area contributed by atoms with Gasteiger partial charge in [0.25, 0.3) is 0 Å². The van der Waals surface area contributed by atoms with Gasteiger partial charge in [0.1, 0.15) is 11.7 Å². The molecule has 0 aromatic carbocycles. The molecule has 94 valence electrons. The zero-order valence-electron chi connectivity index (χ0n) is 9.69. The number of aromatic amines is 1. The number of hydrogen-bond acceptors (Lipinski definition) is 5. The fraction of sp³-hybridized carbons (Fsp3) is 0.500. The SMILES string of the molecule is CCOC(=O)C(C)NCc1cn[nH]c1C(=O)O. The van der Waals surface area contributed by atoms with E-state index in [2.05, 4.69) is 15.5 Å². The largest absolute Gasteiger partial charge is 0.477 e. The molecule has 3 N–H and O–H groups in total. The lowest BCUT2D eigenvalue weighted by Crippen LogP contribution is -2.35. The molecule has 0 radical (unpaired) electrons. The second-order valence-electron chi connectivity index (χ2n) is 3.43. The van der Waals surface area contributed by atoms with Gasteiger partial charge in [-0.3, -0.25) is 9.89 Å². The van der Waals surface area contributed by atoms with E-state index in [1.165, 1.54) is 6.20 Å². The number of H-pyrrole nitrogens is 1. The Bertz CT molecular complexity index is 402. The Morgan fingerprint density at radius 3 is 2.94 bits per heavy atom. The van der Waals surface area contributed by atoms with Crippen LogP contribution in [0.15, 0.2) is 6.20 Å². The van der Waals surface area contributed by atoms with Crippen molar-refractivity contribution >= 4 is 11.9 Å². The number of aromatic carboxylic acids is 1. The first-order valence-electron chi connectivity index (χ1n) is 5.21. The molecule has 17 heavy (non-hydrogen) atoms. The summed E-state index contributed by atoms with van der Waals surface area (Å²) in [7, 11) is 0. The van der Waals surface area contributed by atoms with E-state index < -0.39 is 12.0 Å². The molecular formula is C10H15N3O4. The zero-order chi connectivity index (χ0) is 12.8. The molecule has 0 spiro atoms. The van der Waals surface area contributed by atoms with Crippen molar-refractivity contribution in [3.8, 4) is 0 Å². The van der Waals surface area contributed by atoms with Crippen LogP contribution in [-0.2, 0) is 16.1 Å². The van der Waals surface area contributed by atoms with Crippen LogP contribution in [0.1, 0.15) is 29.9 Å². The molecule has 0 fully saturated rings. The maximum Gasteiger partial charge on any atom is 0.354 e. The van der Waals surface area contributed by atoms with Crippen LogP contribution >= 0.6 is 0 Å². The highest BCUT2D eigenvalue weighted by molar-refractivity contribution is 5.86. The van der Waals surface area contributed by atoms with Gasteiger partial charge in [0, 0.05) is 12.1 Å². The third-order valence-corrected chi connectivity index (χ3v) is 2.17. The van der Waals surface area contributed by atoms with E-state index in [0.29, 0.717) is 12.2 Å². The van der Waals surface area contributed by atoms with E-state index in [-0.39, 0.29) is 18.2 Å². The van der Waals surface area contributed by atoms with E-state index >= 15 is 0 Å². The normalized spacial score (nSPS) is 12.1. The van der Waals surface area contributed by atoms with Crippen molar-refractivity contribution in [2.75, 3.05) is 6.61 Å². The second-order valence-corrected chi connectivity index (χ2v) is 3.43. The summed E-state index contributed by atoms with van der Waals surface area (Å²) in [5.74, 6) is -1.45. The monoisotopic (exact) mass is 241 g/mol. The van der Waals surface area contributed by atoms with Crippen LogP contribution in [0.5, 0.6) is 0 Å². The average molecular weight is 241 g/mol. The van der Waals surface area contributed by atoms with E-state index in [9.17, 15) is 9.59 Å².